The Morgan fingerprint density at radius 2 is 1.17 bits per heavy atom. The standard InChI is InChI=1S/C43H74O14P2/c1-4-5-6-7-20-25-30-39(44)31-26-21-16-12-8-9-13-17-22-27-32-42(46)53-36-41(37-56-59(51,52)55-35-40(45)34-54-58(48,49)50)57-43(47)33-28-23-18-14-10-11-15-19-24-29-38(2)3/h5-6,8-9,16-17,20-22,25-26,31,38-41,44-45H,4,7,10-15,18-19,23-24,27-30,32-37H2,1-3H3,(H,51,52)(H2,48,49,50)/b6-5-,9-8-,21-16-,22-17-,25-20-,31-26+/t39?,40-,41+/m0/s1. The third-order valence-electron chi connectivity index (χ3n) is 8.37. The topological polar surface area (TPSA) is 216 Å². The van der Waals surface area contributed by atoms with Gasteiger partial charge in [-0.15, -0.1) is 0 Å². The lowest BCUT2D eigenvalue weighted by Crippen LogP contribution is -2.29. The molecule has 0 saturated heterocycles. The molecule has 0 aliphatic heterocycles. The summed E-state index contributed by atoms with van der Waals surface area (Å²) in [7, 11) is -9.71. The van der Waals surface area contributed by atoms with Crippen LogP contribution < -0.4 is 0 Å². The molecule has 4 atom stereocenters. The van der Waals surface area contributed by atoms with Crippen molar-refractivity contribution in [2.24, 2.45) is 5.92 Å². The van der Waals surface area contributed by atoms with Crippen LogP contribution in [0.25, 0.3) is 0 Å². The van der Waals surface area contributed by atoms with Crippen LogP contribution in [0.1, 0.15) is 136 Å². The minimum Gasteiger partial charge on any atom is -0.462 e. The molecule has 0 heterocycles. The van der Waals surface area contributed by atoms with Crippen LogP contribution in [-0.2, 0) is 41.8 Å². The monoisotopic (exact) mass is 876 g/mol. The summed E-state index contributed by atoms with van der Waals surface area (Å²) in [6.45, 7) is 3.73. The molecule has 16 heteroatoms. The van der Waals surface area contributed by atoms with Crippen LogP contribution in [0.2, 0.25) is 0 Å². The summed E-state index contributed by atoms with van der Waals surface area (Å²) in [5.41, 5.74) is 0. The van der Waals surface area contributed by atoms with Crippen LogP contribution in [0.4, 0.5) is 0 Å². The Bertz CT molecular complexity index is 1350. The Balaban J connectivity index is 4.70. The van der Waals surface area contributed by atoms with Crippen LogP contribution in [0, 0.1) is 5.92 Å². The van der Waals surface area contributed by atoms with Crippen LogP contribution in [0.5, 0.6) is 0 Å². The van der Waals surface area contributed by atoms with Gasteiger partial charge in [0, 0.05) is 12.8 Å². The van der Waals surface area contributed by atoms with Gasteiger partial charge in [0.25, 0.3) is 0 Å². The highest BCUT2D eigenvalue weighted by Crippen LogP contribution is 2.43. The van der Waals surface area contributed by atoms with Gasteiger partial charge in [-0.1, -0.05) is 151 Å². The van der Waals surface area contributed by atoms with Gasteiger partial charge >= 0.3 is 27.6 Å². The summed E-state index contributed by atoms with van der Waals surface area (Å²) in [4.78, 5) is 52.6. The maximum absolute atomic E-state index is 12.6. The van der Waals surface area contributed by atoms with Crippen LogP contribution in [-0.4, -0.2) is 81.6 Å². The highest BCUT2D eigenvalue weighted by atomic mass is 31.2. The Labute approximate surface area is 353 Å². The quantitative estimate of drug-likeness (QED) is 0.0128. The molecular formula is C43H74O14P2. The van der Waals surface area contributed by atoms with E-state index in [0.717, 1.165) is 50.9 Å². The molecule has 0 spiro atoms. The largest absolute Gasteiger partial charge is 0.472 e. The number of hydrogen-bond acceptors (Lipinski definition) is 11. The van der Waals surface area contributed by atoms with Crippen molar-refractivity contribution in [2.45, 2.75) is 155 Å². The minimum atomic E-state index is -4.88. The van der Waals surface area contributed by atoms with E-state index >= 15 is 0 Å². The fraction of sp³-hybridized carbons (Fsp3) is 0.674. The van der Waals surface area contributed by atoms with Gasteiger partial charge in [0.05, 0.1) is 25.9 Å². The number of esters is 2. The molecule has 0 amide bonds. The fourth-order valence-electron chi connectivity index (χ4n) is 5.17. The number of carbonyl (C=O) groups is 2. The van der Waals surface area contributed by atoms with E-state index < -0.39 is 72.3 Å². The van der Waals surface area contributed by atoms with E-state index in [2.05, 4.69) is 42.0 Å². The first kappa shape index (κ1) is 56.5. The van der Waals surface area contributed by atoms with Crippen molar-refractivity contribution < 1.29 is 66.7 Å². The predicted molar refractivity (Wildman–Crippen MR) is 231 cm³/mol. The Morgan fingerprint density at radius 3 is 1.81 bits per heavy atom. The molecule has 0 radical (unpaired) electrons. The van der Waals surface area contributed by atoms with E-state index in [4.69, 9.17) is 23.8 Å². The lowest BCUT2D eigenvalue weighted by Gasteiger charge is -2.20. The number of carbonyl (C=O) groups excluding carboxylic acids is 2. The van der Waals surface area contributed by atoms with Crippen LogP contribution >= 0.6 is 15.6 Å². The summed E-state index contributed by atoms with van der Waals surface area (Å²) in [5, 5.41) is 19.7. The molecule has 0 rings (SSSR count). The van der Waals surface area contributed by atoms with Crippen molar-refractivity contribution in [3.63, 3.8) is 0 Å². The van der Waals surface area contributed by atoms with E-state index in [-0.39, 0.29) is 12.8 Å². The first-order chi connectivity index (χ1) is 28.1. The maximum Gasteiger partial charge on any atom is 0.472 e. The lowest BCUT2D eigenvalue weighted by atomic mass is 10.0. The van der Waals surface area contributed by atoms with E-state index in [9.17, 15) is 33.8 Å². The number of allylic oxidation sites excluding steroid dienone is 10. The molecule has 5 N–H and O–H groups in total. The molecule has 0 aromatic heterocycles. The minimum absolute atomic E-state index is 0.0441. The van der Waals surface area contributed by atoms with Crippen molar-refractivity contribution in [3.8, 4) is 0 Å². The SMILES string of the molecule is CC/C=C\C/C=C\CC(O)/C=C/C=C\C/C=C\C/C=C\CCC(=O)OC[C@H](COP(=O)(O)OC[C@@H](O)COP(=O)(O)O)OC(=O)CCCCCCCCCCCC(C)C. The number of unbranched alkanes of at least 4 members (excludes halogenated alkanes) is 8. The molecule has 14 nitrogen and oxygen atoms in total. The summed E-state index contributed by atoms with van der Waals surface area (Å²) in [6, 6.07) is 0. The fourth-order valence-corrected chi connectivity index (χ4v) is 6.33. The number of hydrogen-bond donors (Lipinski definition) is 5. The summed E-state index contributed by atoms with van der Waals surface area (Å²) in [6.07, 6.45) is 35.3. The van der Waals surface area contributed by atoms with Crippen molar-refractivity contribution in [2.75, 3.05) is 26.4 Å². The lowest BCUT2D eigenvalue weighted by molar-refractivity contribution is -0.161. The average molecular weight is 877 g/mol. The maximum atomic E-state index is 12.6. The summed E-state index contributed by atoms with van der Waals surface area (Å²) in [5.74, 6) is -0.423. The van der Waals surface area contributed by atoms with Crippen LogP contribution in [0.3, 0.4) is 0 Å². The normalized spacial score (nSPS) is 15.4. The zero-order chi connectivity index (χ0) is 44.0. The first-order valence-corrected chi connectivity index (χ1v) is 24.1. The predicted octanol–water partition coefficient (Wildman–Crippen LogP) is 9.44. The number of phosphoric ester groups is 2. The van der Waals surface area contributed by atoms with Gasteiger partial charge in [0.2, 0.25) is 0 Å². The van der Waals surface area contributed by atoms with Gasteiger partial charge in [-0.05, 0) is 50.9 Å². The Kier molecular flexibility index (Phi) is 35.7. The first-order valence-electron chi connectivity index (χ1n) is 21.1. The van der Waals surface area contributed by atoms with Gasteiger partial charge < -0.3 is 34.4 Å². The third-order valence-corrected chi connectivity index (χ3v) is 9.81. The third kappa shape index (κ3) is 42.0. The summed E-state index contributed by atoms with van der Waals surface area (Å²) >= 11 is 0. The second kappa shape index (κ2) is 37.3. The molecular weight excluding hydrogens is 802 g/mol. The Morgan fingerprint density at radius 1 is 0.610 bits per heavy atom. The molecule has 0 fully saturated rings. The highest BCUT2D eigenvalue weighted by Gasteiger charge is 2.28. The van der Waals surface area contributed by atoms with Crippen molar-refractivity contribution >= 4 is 27.6 Å². The molecule has 340 valence electrons. The number of aliphatic hydroxyl groups excluding tert-OH is 2. The van der Waals surface area contributed by atoms with E-state index in [1.807, 2.05) is 54.7 Å². The van der Waals surface area contributed by atoms with Gasteiger partial charge in [-0.25, -0.2) is 9.13 Å². The molecule has 0 aliphatic rings. The van der Waals surface area contributed by atoms with Gasteiger partial charge in [0.15, 0.2) is 6.10 Å². The number of aliphatic hydroxyl groups is 2. The zero-order valence-electron chi connectivity index (χ0n) is 35.6. The van der Waals surface area contributed by atoms with E-state index in [1.54, 1.807) is 6.08 Å². The molecule has 0 aliphatic carbocycles. The number of ether oxygens (including phenoxy) is 2. The highest BCUT2D eigenvalue weighted by molar-refractivity contribution is 7.47. The zero-order valence-corrected chi connectivity index (χ0v) is 37.4. The van der Waals surface area contributed by atoms with E-state index in [1.165, 1.54) is 32.1 Å². The van der Waals surface area contributed by atoms with Crippen molar-refractivity contribution in [3.05, 3.63) is 72.9 Å². The van der Waals surface area contributed by atoms with Crippen molar-refractivity contribution in [1.82, 2.24) is 0 Å². The van der Waals surface area contributed by atoms with Gasteiger partial charge in [-0.3, -0.25) is 23.2 Å². The molecule has 0 aromatic rings. The molecule has 0 bridgehead atoms. The van der Waals surface area contributed by atoms with Gasteiger partial charge in [0.1, 0.15) is 12.7 Å². The smallest absolute Gasteiger partial charge is 0.462 e. The summed E-state index contributed by atoms with van der Waals surface area (Å²) < 4.78 is 47.6. The second-order valence-corrected chi connectivity index (χ2v) is 17.3. The Hall–Kier alpha value is -2.48. The average Bonchev–Trinajstić information content (AvgIpc) is 3.17. The van der Waals surface area contributed by atoms with E-state index in [0.29, 0.717) is 25.7 Å². The second-order valence-electron chi connectivity index (χ2n) is 14.6. The molecule has 0 saturated carbocycles. The van der Waals surface area contributed by atoms with Crippen LogP contribution in [0.15, 0.2) is 72.9 Å². The molecule has 0 aromatic carbocycles. The molecule has 59 heavy (non-hydrogen) atoms. The van der Waals surface area contributed by atoms with Crippen molar-refractivity contribution in [1.29, 1.82) is 0 Å². The molecule has 2 unspecified atom stereocenters. The van der Waals surface area contributed by atoms with Gasteiger partial charge in [-0.2, -0.15) is 0 Å². The number of phosphoric acid groups is 2. The number of rotatable bonds is 38.